The number of hydrogen-bond donors (Lipinski definition) is 4. The van der Waals surface area contributed by atoms with Crippen molar-refractivity contribution >= 4 is 12.1 Å². The molecule has 154 valence electrons. The molecule has 2 rings (SSSR count). The molecule has 0 radical (unpaired) electrons. The number of aliphatic hydroxyl groups is 3. The Kier molecular flexibility index (Phi) is 7.94. The van der Waals surface area contributed by atoms with E-state index >= 15 is 0 Å². The molecule has 28 heavy (non-hydrogen) atoms. The van der Waals surface area contributed by atoms with Crippen LogP contribution < -0.4 is 5.32 Å². The summed E-state index contributed by atoms with van der Waals surface area (Å²) < 4.78 is 15.5. The van der Waals surface area contributed by atoms with Crippen LogP contribution in [0, 0.1) is 0 Å². The Balaban J connectivity index is 2.09. The van der Waals surface area contributed by atoms with Gasteiger partial charge in [-0.15, -0.1) is 0 Å². The normalized spacial score (nSPS) is 26.6. The van der Waals surface area contributed by atoms with Crippen molar-refractivity contribution in [2.24, 2.45) is 0 Å². The fraction of sp³-hybridized carbons (Fsp3) is 0.474. The molecule has 1 aliphatic heterocycles. The number of nitrogens with one attached hydrogen (secondary N) is 1. The van der Waals surface area contributed by atoms with Crippen LogP contribution >= 0.6 is 0 Å². The lowest BCUT2D eigenvalue weighted by Crippen LogP contribution is -2.49. The van der Waals surface area contributed by atoms with Crippen LogP contribution in [-0.4, -0.2) is 64.1 Å². The van der Waals surface area contributed by atoms with Crippen molar-refractivity contribution in [3.05, 3.63) is 48.0 Å². The summed E-state index contributed by atoms with van der Waals surface area (Å²) in [6, 6.07) is 8.09. The van der Waals surface area contributed by atoms with E-state index in [9.17, 15) is 24.9 Å². The molecule has 1 fully saturated rings. The third-order valence-corrected chi connectivity index (χ3v) is 4.00. The largest absolute Gasteiger partial charge is 0.457 e. The molecule has 1 amide bonds. The number of aliphatic hydroxyl groups excluding tert-OH is 3. The minimum absolute atomic E-state index is 0.0314. The van der Waals surface area contributed by atoms with E-state index in [1.54, 1.807) is 12.1 Å². The Bertz CT molecular complexity index is 678. The average Bonchev–Trinajstić information content (AvgIpc) is 2.92. The van der Waals surface area contributed by atoms with Crippen LogP contribution in [0.25, 0.3) is 0 Å². The van der Waals surface area contributed by atoms with E-state index in [4.69, 9.17) is 14.2 Å². The molecule has 9 nitrogen and oxygen atoms in total. The molecule has 0 spiro atoms. The third kappa shape index (κ3) is 6.31. The van der Waals surface area contributed by atoms with E-state index in [-0.39, 0.29) is 6.61 Å². The van der Waals surface area contributed by atoms with Crippen molar-refractivity contribution in [2.45, 2.75) is 57.2 Å². The number of alkyl carbamates (subject to hydrolysis) is 1. The minimum atomic E-state index is -1.60. The Morgan fingerprint density at radius 3 is 2.54 bits per heavy atom. The maximum atomic E-state index is 12.2. The number of hydrogen-bond acceptors (Lipinski definition) is 8. The van der Waals surface area contributed by atoms with Gasteiger partial charge in [-0.2, -0.15) is 0 Å². The molecule has 1 aliphatic rings. The highest BCUT2D eigenvalue weighted by Gasteiger charge is 2.48. The maximum Gasteiger partial charge on any atom is 0.408 e. The highest BCUT2D eigenvalue weighted by Crippen LogP contribution is 2.26. The lowest BCUT2D eigenvalue weighted by Gasteiger charge is -2.26. The van der Waals surface area contributed by atoms with Crippen molar-refractivity contribution in [2.75, 3.05) is 0 Å². The van der Waals surface area contributed by atoms with Gasteiger partial charge in [-0.1, -0.05) is 42.5 Å². The van der Waals surface area contributed by atoms with E-state index in [2.05, 4.69) is 5.32 Å². The molecule has 0 saturated carbocycles. The van der Waals surface area contributed by atoms with Gasteiger partial charge in [0.1, 0.15) is 18.8 Å². The summed E-state index contributed by atoms with van der Waals surface area (Å²) in [5, 5.41) is 31.8. The highest BCUT2D eigenvalue weighted by atomic mass is 16.7. The first-order valence-electron chi connectivity index (χ1n) is 8.80. The number of rotatable bonds is 7. The topological polar surface area (TPSA) is 135 Å². The number of carbonyl (C=O) groups excluding carboxylic acids is 2. The van der Waals surface area contributed by atoms with Crippen LogP contribution in [0.5, 0.6) is 0 Å². The van der Waals surface area contributed by atoms with Gasteiger partial charge in [-0.25, -0.2) is 4.79 Å². The fourth-order valence-corrected chi connectivity index (χ4v) is 2.71. The van der Waals surface area contributed by atoms with E-state index in [0.717, 1.165) is 12.5 Å². The van der Waals surface area contributed by atoms with Crippen molar-refractivity contribution in [3.63, 3.8) is 0 Å². The van der Waals surface area contributed by atoms with Crippen LogP contribution in [0.15, 0.2) is 42.5 Å². The van der Waals surface area contributed by atoms with Gasteiger partial charge in [0.25, 0.3) is 0 Å². The molecule has 6 atom stereocenters. The van der Waals surface area contributed by atoms with Gasteiger partial charge in [-0.05, 0) is 12.5 Å². The molecule has 0 aromatic heterocycles. The summed E-state index contributed by atoms with van der Waals surface area (Å²) in [4.78, 5) is 23.5. The smallest absolute Gasteiger partial charge is 0.408 e. The van der Waals surface area contributed by atoms with Gasteiger partial charge in [0.15, 0.2) is 12.4 Å². The van der Waals surface area contributed by atoms with Gasteiger partial charge in [0.2, 0.25) is 0 Å². The number of ether oxygens (including phenoxy) is 3. The van der Waals surface area contributed by atoms with Crippen molar-refractivity contribution < 1.29 is 39.1 Å². The van der Waals surface area contributed by atoms with E-state index in [1.807, 2.05) is 18.2 Å². The Morgan fingerprint density at radius 2 is 1.93 bits per heavy atom. The van der Waals surface area contributed by atoms with E-state index in [1.165, 1.54) is 19.1 Å². The van der Waals surface area contributed by atoms with Crippen LogP contribution in [0.1, 0.15) is 19.4 Å². The van der Waals surface area contributed by atoms with Gasteiger partial charge < -0.3 is 34.8 Å². The summed E-state index contributed by atoms with van der Waals surface area (Å²) in [7, 11) is 0. The van der Waals surface area contributed by atoms with E-state index in [0.29, 0.717) is 0 Å². The quantitative estimate of drug-likeness (QED) is 0.381. The van der Waals surface area contributed by atoms with Gasteiger partial charge in [0.05, 0.1) is 12.1 Å². The zero-order chi connectivity index (χ0) is 20.7. The number of esters is 1. The second-order valence-corrected chi connectivity index (χ2v) is 6.41. The number of benzene rings is 1. The van der Waals surface area contributed by atoms with Crippen molar-refractivity contribution in [1.82, 2.24) is 5.32 Å². The first kappa shape index (κ1) is 21.8. The molecule has 1 aromatic rings. The summed E-state index contributed by atoms with van der Waals surface area (Å²) in [5.74, 6) is -0.684. The summed E-state index contributed by atoms with van der Waals surface area (Å²) in [6.45, 7) is 2.68. The SMILES string of the molecule is CC(=O)O[C@@H]1[C@@H]([C@@H](/C=C/[C@@H](C)O)NC(=O)OCc2ccccc2)OC(O)[C@@H]1O. The standard InChI is InChI=1S/C19H25NO8/c1-11(21)8-9-14(16-17(27-12(2)22)15(23)18(24)28-16)20-19(25)26-10-13-6-4-3-5-7-13/h3-9,11,14-18,21,23-24H,10H2,1-2H3,(H,20,25)/b9-8+/t11-,14-,15-,16-,17+,18?/m1/s1. The van der Waals surface area contributed by atoms with Crippen molar-refractivity contribution in [1.29, 1.82) is 0 Å². The Morgan fingerprint density at radius 1 is 1.25 bits per heavy atom. The summed E-state index contributed by atoms with van der Waals surface area (Å²) >= 11 is 0. The zero-order valence-electron chi connectivity index (χ0n) is 15.6. The van der Waals surface area contributed by atoms with Gasteiger partial charge in [0, 0.05) is 6.92 Å². The molecule has 1 saturated heterocycles. The van der Waals surface area contributed by atoms with Crippen molar-refractivity contribution in [3.8, 4) is 0 Å². The first-order valence-corrected chi connectivity index (χ1v) is 8.80. The fourth-order valence-electron chi connectivity index (χ4n) is 2.71. The second kappa shape index (κ2) is 10.2. The molecule has 1 heterocycles. The molecule has 1 aromatic carbocycles. The number of amides is 1. The molecule has 0 bridgehead atoms. The van der Waals surface area contributed by atoms with Crippen LogP contribution in [-0.2, 0) is 25.6 Å². The third-order valence-electron chi connectivity index (χ3n) is 4.00. The predicted octanol–water partition coefficient (Wildman–Crippen LogP) is 0.228. The molecule has 9 heteroatoms. The molecular weight excluding hydrogens is 370 g/mol. The van der Waals surface area contributed by atoms with Gasteiger partial charge >= 0.3 is 12.1 Å². The molecule has 1 unspecified atom stereocenters. The Labute approximate surface area is 162 Å². The first-order chi connectivity index (χ1) is 13.3. The summed E-state index contributed by atoms with van der Waals surface area (Å²) in [5.41, 5.74) is 0.787. The maximum absolute atomic E-state index is 12.2. The lowest BCUT2D eigenvalue weighted by atomic mass is 10.0. The highest BCUT2D eigenvalue weighted by molar-refractivity contribution is 5.68. The monoisotopic (exact) mass is 395 g/mol. The van der Waals surface area contributed by atoms with Crippen LogP contribution in [0.4, 0.5) is 4.79 Å². The average molecular weight is 395 g/mol. The molecule has 0 aliphatic carbocycles. The minimum Gasteiger partial charge on any atom is -0.457 e. The van der Waals surface area contributed by atoms with Gasteiger partial charge in [-0.3, -0.25) is 4.79 Å². The number of carbonyl (C=O) groups is 2. The van der Waals surface area contributed by atoms with E-state index < -0.39 is 48.8 Å². The lowest BCUT2D eigenvalue weighted by molar-refractivity contribution is -0.153. The molecule has 4 N–H and O–H groups in total. The Hall–Kier alpha value is -2.46. The predicted molar refractivity (Wildman–Crippen MR) is 96.8 cm³/mol. The van der Waals surface area contributed by atoms with Crippen LogP contribution in [0.3, 0.4) is 0 Å². The molecular formula is C19H25NO8. The second-order valence-electron chi connectivity index (χ2n) is 6.41. The zero-order valence-corrected chi connectivity index (χ0v) is 15.6. The van der Waals surface area contributed by atoms with Crippen LogP contribution in [0.2, 0.25) is 0 Å². The summed E-state index contributed by atoms with van der Waals surface area (Å²) in [6.07, 6.45) is -4.21.